The monoisotopic (exact) mass is 615 g/mol. The number of nitrogens with one attached hydrogen (secondary N) is 2. The van der Waals surface area contributed by atoms with Crippen LogP contribution < -0.4 is 10.6 Å². The zero-order valence-corrected chi connectivity index (χ0v) is 25.6. The normalized spacial score (nSPS) is 14.8. The van der Waals surface area contributed by atoms with Gasteiger partial charge in [-0.1, -0.05) is 41.4 Å². The number of carbonyl (C=O) groups is 3. The van der Waals surface area contributed by atoms with Gasteiger partial charge in [0.1, 0.15) is 10.3 Å². The van der Waals surface area contributed by atoms with Crippen LogP contribution in [0.2, 0.25) is 10.3 Å². The van der Waals surface area contributed by atoms with Crippen LogP contribution in [-0.4, -0.2) is 70.8 Å². The minimum absolute atomic E-state index is 0.0409. The van der Waals surface area contributed by atoms with Crippen LogP contribution in [-0.2, 0) is 11.3 Å². The van der Waals surface area contributed by atoms with Crippen molar-refractivity contribution in [2.75, 3.05) is 26.2 Å². The lowest BCUT2D eigenvalue weighted by Gasteiger charge is -2.41. The summed E-state index contributed by atoms with van der Waals surface area (Å²) >= 11 is 13.7. The summed E-state index contributed by atoms with van der Waals surface area (Å²) in [5, 5.41) is 10.2. The smallest absolute Gasteiger partial charge is 0.254 e. The van der Waals surface area contributed by atoms with Crippen molar-refractivity contribution in [1.82, 2.24) is 25.4 Å². The average Bonchev–Trinajstić information content (AvgIpc) is 3.48. The zero-order valence-electron chi connectivity index (χ0n) is 23.2. The Morgan fingerprint density at radius 3 is 2.49 bits per heavy atom. The second kappa shape index (κ2) is 14.8. The van der Waals surface area contributed by atoms with Crippen LogP contribution in [0.1, 0.15) is 58.0 Å². The standard InChI is InChI=1S/C30H35Cl2N5O3S/c1-20-16-25(31)35-28(32)27(20)30(40)33-12-8-21(2)36-13-9-24(10-14-36)37(18-22-11-15-41-19-22)26(38)17-34-29(39)23-6-4-3-5-7-23/h3-7,11,15-16,19,21,24H,8-10,12-14,17-18H2,1-2H3,(H,33,40)(H,34,39)/t21-/m1/s1. The van der Waals surface area contributed by atoms with Gasteiger partial charge in [-0.05, 0) is 79.3 Å². The maximum absolute atomic E-state index is 13.3. The van der Waals surface area contributed by atoms with Crippen LogP contribution in [0.25, 0.3) is 0 Å². The second-order valence-corrected chi connectivity index (χ2v) is 11.8. The highest BCUT2D eigenvalue weighted by molar-refractivity contribution is 7.07. The first kappa shape index (κ1) is 31.0. The van der Waals surface area contributed by atoms with E-state index in [1.54, 1.807) is 48.6 Å². The molecule has 3 aromatic rings. The molecule has 1 atom stereocenters. The predicted molar refractivity (Wildman–Crippen MR) is 164 cm³/mol. The van der Waals surface area contributed by atoms with Crippen LogP contribution in [0.4, 0.5) is 0 Å². The highest BCUT2D eigenvalue weighted by Gasteiger charge is 2.30. The van der Waals surface area contributed by atoms with Crippen molar-refractivity contribution >= 4 is 52.3 Å². The fraction of sp³-hybridized carbons (Fsp3) is 0.400. The third kappa shape index (κ3) is 8.52. The summed E-state index contributed by atoms with van der Waals surface area (Å²) in [7, 11) is 0. The number of thiophene rings is 1. The molecule has 3 amide bonds. The third-order valence-electron chi connectivity index (χ3n) is 7.47. The molecule has 0 saturated carbocycles. The molecular weight excluding hydrogens is 581 g/mol. The largest absolute Gasteiger partial charge is 0.352 e. The molecule has 2 N–H and O–H groups in total. The molecule has 11 heteroatoms. The molecule has 2 aromatic heterocycles. The number of aryl methyl sites for hydroxylation is 1. The summed E-state index contributed by atoms with van der Waals surface area (Å²) in [5.41, 5.74) is 2.66. The topological polar surface area (TPSA) is 94.6 Å². The summed E-state index contributed by atoms with van der Waals surface area (Å²) in [5.74, 6) is -0.597. The van der Waals surface area contributed by atoms with E-state index in [-0.39, 0.29) is 46.7 Å². The first-order valence-electron chi connectivity index (χ1n) is 13.7. The summed E-state index contributed by atoms with van der Waals surface area (Å²) in [6.07, 6.45) is 2.45. The number of likely N-dealkylation sites (tertiary alicyclic amines) is 1. The van der Waals surface area contributed by atoms with Crippen LogP contribution in [0.15, 0.2) is 53.2 Å². The second-order valence-electron chi connectivity index (χ2n) is 10.3. The van der Waals surface area contributed by atoms with Gasteiger partial charge in [-0.15, -0.1) is 0 Å². The van der Waals surface area contributed by atoms with E-state index >= 15 is 0 Å². The minimum atomic E-state index is -0.260. The van der Waals surface area contributed by atoms with Gasteiger partial charge in [0.05, 0.1) is 12.1 Å². The van der Waals surface area contributed by atoms with E-state index in [0.29, 0.717) is 29.8 Å². The van der Waals surface area contributed by atoms with Crippen LogP contribution in [0.5, 0.6) is 0 Å². The Morgan fingerprint density at radius 1 is 1.10 bits per heavy atom. The summed E-state index contributed by atoms with van der Waals surface area (Å²) in [6.45, 7) is 6.61. The molecule has 218 valence electrons. The van der Waals surface area contributed by atoms with E-state index in [1.807, 2.05) is 22.4 Å². The SMILES string of the molecule is Cc1cc(Cl)nc(Cl)c1C(=O)NCC[C@@H](C)N1CCC(N(Cc2ccsc2)C(=O)CNC(=O)c2ccccc2)CC1. The van der Waals surface area contributed by atoms with Gasteiger partial charge in [0.25, 0.3) is 11.8 Å². The molecule has 0 radical (unpaired) electrons. The number of piperidine rings is 1. The van der Waals surface area contributed by atoms with Gasteiger partial charge in [-0.25, -0.2) is 4.98 Å². The van der Waals surface area contributed by atoms with Gasteiger partial charge in [-0.3, -0.25) is 14.4 Å². The molecule has 1 saturated heterocycles. The van der Waals surface area contributed by atoms with Crippen LogP contribution in [0, 0.1) is 6.92 Å². The van der Waals surface area contributed by atoms with E-state index in [9.17, 15) is 14.4 Å². The Bertz CT molecular complexity index is 1310. The molecule has 1 fully saturated rings. The number of pyridine rings is 1. The number of amides is 3. The molecule has 3 heterocycles. The first-order valence-corrected chi connectivity index (χ1v) is 15.4. The van der Waals surface area contributed by atoms with Gasteiger partial charge in [0.2, 0.25) is 5.91 Å². The number of hydrogen-bond acceptors (Lipinski definition) is 6. The lowest BCUT2D eigenvalue weighted by Crippen LogP contribution is -2.51. The van der Waals surface area contributed by atoms with Crippen molar-refractivity contribution in [3.63, 3.8) is 0 Å². The van der Waals surface area contributed by atoms with Gasteiger partial charge in [0, 0.05) is 43.8 Å². The molecule has 1 aliphatic rings. The van der Waals surface area contributed by atoms with Crippen molar-refractivity contribution in [2.45, 2.75) is 51.7 Å². The number of halogens is 2. The number of nitrogens with zero attached hydrogens (tertiary/aromatic N) is 3. The molecule has 0 unspecified atom stereocenters. The zero-order chi connectivity index (χ0) is 29.4. The molecule has 1 aliphatic heterocycles. The molecular formula is C30H35Cl2N5O3S. The van der Waals surface area contributed by atoms with Crippen molar-refractivity contribution in [1.29, 1.82) is 0 Å². The molecule has 8 nitrogen and oxygen atoms in total. The quantitative estimate of drug-likeness (QED) is 0.290. The maximum Gasteiger partial charge on any atom is 0.254 e. The fourth-order valence-electron chi connectivity index (χ4n) is 5.12. The molecule has 4 rings (SSSR count). The Balaban J connectivity index is 1.28. The maximum atomic E-state index is 13.3. The number of hydrogen-bond donors (Lipinski definition) is 2. The lowest BCUT2D eigenvalue weighted by molar-refractivity contribution is -0.134. The van der Waals surface area contributed by atoms with Gasteiger partial charge >= 0.3 is 0 Å². The predicted octanol–water partition coefficient (Wildman–Crippen LogP) is 5.19. The lowest BCUT2D eigenvalue weighted by atomic mass is 10.00. The Kier molecular flexibility index (Phi) is 11.2. The van der Waals surface area contributed by atoms with Crippen molar-refractivity contribution in [3.8, 4) is 0 Å². The third-order valence-corrected chi connectivity index (χ3v) is 8.67. The van der Waals surface area contributed by atoms with Gasteiger partial charge in [-0.2, -0.15) is 11.3 Å². The van der Waals surface area contributed by atoms with E-state index in [4.69, 9.17) is 23.2 Å². The highest BCUT2D eigenvalue weighted by Crippen LogP contribution is 2.23. The fourth-order valence-corrected chi connectivity index (χ4v) is 6.40. The van der Waals surface area contributed by atoms with E-state index in [1.165, 1.54) is 0 Å². The molecule has 1 aromatic carbocycles. The molecule has 0 bridgehead atoms. The number of carbonyl (C=O) groups excluding carboxylic acids is 3. The van der Waals surface area contributed by atoms with E-state index < -0.39 is 0 Å². The van der Waals surface area contributed by atoms with Crippen molar-refractivity contribution in [3.05, 3.63) is 85.8 Å². The summed E-state index contributed by atoms with van der Waals surface area (Å²) in [4.78, 5) is 46.8. The van der Waals surface area contributed by atoms with E-state index in [0.717, 1.165) is 37.9 Å². The average molecular weight is 617 g/mol. The Morgan fingerprint density at radius 2 is 1.83 bits per heavy atom. The van der Waals surface area contributed by atoms with Crippen molar-refractivity contribution < 1.29 is 14.4 Å². The number of rotatable bonds is 11. The Labute approximate surface area is 255 Å². The van der Waals surface area contributed by atoms with E-state index in [2.05, 4.69) is 32.8 Å². The van der Waals surface area contributed by atoms with Gasteiger partial charge < -0.3 is 20.4 Å². The summed E-state index contributed by atoms with van der Waals surface area (Å²) < 4.78 is 0. The molecule has 0 aliphatic carbocycles. The van der Waals surface area contributed by atoms with Crippen LogP contribution >= 0.6 is 34.5 Å². The minimum Gasteiger partial charge on any atom is -0.352 e. The first-order chi connectivity index (χ1) is 19.7. The van der Waals surface area contributed by atoms with Crippen LogP contribution in [0.3, 0.4) is 0 Å². The summed E-state index contributed by atoms with van der Waals surface area (Å²) in [6, 6.07) is 12.9. The highest BCUT2D eigenvalue weighted by atomic mass is 35.5. The number of benzene rings is 1. The van der Waals surface area contributed by atoms with Gasteiger partial charge in [0.15, 0.2) is 0 Å². The molecule has 41 heavy (non-hydrogen) atoms. The molecule has 0 spiro atoms. The Hall–Kier alpha value is -2.98. The number of aromatic nitrogens is 1. The van der Waals surface area contributed by atoms with Crippen molar-refractivity contribution in [2.24, 2.45) is 0 Å².